The first-order chi connectivity index (χ1) is 14.9. The van der Waals surface area contributed by atoms with Gasteiger partial charge in [-0.1, -0.05) is 11.6 Å². The van der Waals surface area contributed by atoms with Gasteiger partial charge in [0.05, 0.1) is 21.3 Å². The normalized spacial score (nSPS) is 10.8. The fourth-order valence-corrected chi connectivity index (χ4v) is 3.81. The zero-order chi connectivity index (χ0) is 22.0. The molecule has 3 aromatic carbocycles. The van der Waals surface area contributed by atoms with Gasteiger partial charge in [-0.2, -0.15) is 0 Å². The van der Waals surface area contributed by atoms with Crippen LogP contribution in [0.15, 0.2) is 60.1 Å². The second-order valence-electron chi connectivity index (χ2n) is 6.50. The maximum Gasteiger partial charge on any atom is 0.262 e. The van der Waals surface area contributed by atoms with Crippen molar-refractivity contribution in [3.63, 3.8) is 0 Å². The number of nitrogens with one attached hydrogen (secondary N) is 1. The molecule has 0 aliphatic carbocycles. The van der Waals surface area contributed by atoms with Crippen LogP contribution in [0, 0.1) is 11.6 Å². The molecule has 0 bridgehead atoms. The molecular weight excluding hydrogens is 446 g/mol. The SMILES string of the molecule is O=C(COc1ccc(Cl)cc1C(=O)c1cc(F)cc(F)c1)Nc1ccc2ncsc2c1. The first-order valence-electron chi connectivity index (χ1n) is 8.95. The largest absolute Gasteiger partial charge is 0.483 e. The molecule has 0 saturated carbocycles. The molecule has 156 valence electrons. The lowest BCUT2D eigenvalue weighted by molar-refractivity contribution is -0.118. The Hall–Kier alpha value is -3.36. The topological polar surface area (TPSA) is 68.3 Å². The fraction of sp³-hybridized carbons (Fsp3) is 0.0455. The van der Waals surface area contributed by atoms with Crippen molar-refractivity contribution in [3.8, 4) is 5.75 Å². The van der Waals surface area contributed by atoms with Gasteiger partial charge in [0.2, 0.25) is 0 Å². The van der Waals surface area contributed by atoms with E-state index in [1.54, 1.807) is 23.7 Å². The number of benzene rings is 3. The van der Waals surface area contributed by atoms with Crippen molar-refractivity contribution in [3.05, 3.63) is 87.9 Å². The highest BCUT2D eigenvalue weighted by atomic mass is 35.5. The third-order valence-electron chi connectivity index (χ3n) is 4.28. The second kappa shape index (κ2) is 8.79. The van der Waals surface area contributed by atoms with Gasteiger partial charge in [0.25, 0.3) is 5.91 Å². The van der Waals surface area contributed by atoms with E-state index >= 15 is 0 Å². The van der Waals surface area contributed by atoms with E-state index in [4.69, 9.17) is 16.3 Å². The van der Waals surface area contributed by atoms with Gasteiger partial charge >= 0.3 is 0 Å². The van der Waals surface area contributed by atoms with Gasteiger partial charge in [-0.25, -0.2) is 13.8 Å². The number of thiazole rings is 1. The van der Waals surface area contributed by atoms with Crippen molar-refractivity contribution in [2.75, 3.05) is 11.9 Å². The monoisotopic (exact) mass is 458 g/mol. The Morgan fingerprint density at radius 1 is 1.03 bits per heavy atom. The minimum atomic E-state index is -0.884. The van der Waals surface area contributed by atoms with Crippen LogP contribution in [-0.2, 0) is 4.79 Å². The van der Waals surface area contributed by atoms with Crippen molar-refractivity contribution in [2.45, 2.75) is 0 Å². The van der Waals surface area contributed by atoms with E-state index in [1.165, 1.54) is 29.5 Å². The Morgan fingerprint density at radius 3 is 2.58 bits per heavy atom. The molecule has 1 heterocycles. The number of hydrogen-bond acceptors (Lipinski definition) is 5. The fourth-order valence-electron chi connectivity index (χ4n) is 2.92. The number of rotatable bonds is 6. The summed E-state index contributed by atoms with van der Waals surface area (Å²) in [6.07, 6.45) is 0. The van der Waals surface area contributed by atoms with E-state index in [2.05, 4.69) is 10.3 Å². The van der Waals surface area contributed by atoms with Crippen LogP contribution in [0.2, 0.25) is 5.02 Å². The number of hydrogen-bond donors (Lipinski definition) is 1. The minimum absolute atomic E-state index is 0.0172. The van der Waals surface area contributed by atoms with Gasteiger partial charge in [0.1, 0.15) is 17.4 Å². The molecule has 5 nitrogen and oxygen atoms in total. The van der Waals surface area contributed by atoms with Crippen molar-refractivity contribution in [1.29, 1.82) is 0 Å². The molecule has 1 aromatic heterocycles. The molecule has 1 N–H and O–H groups in total. The Bertz CT molecular complexity index is 1290. The van der Waals surface area contributed by atoms with Crippen LogP contribution in [0.4, 0.5) is 14.5 Å². The van der Waals surface area contributed by atoms with Gasteiger partial charge in [-0.3, -0.25) is 9.59 Å². The minimum Gasteiger partial charge on any atom is -0.483 e. The van der Waals surface area contributed by atoms with Gasteiger partial charge < -0.3 is 10.1 Å². The summed E-state index contributed by atoms with van der Waals surface area (Å²) >= 11 is 7.43. The third-order valence-corrected chi connectivity index (χ3v) is 5.31. The summed E-state index contributed by atoms with van der Waals surface area (Å²) in [6, 6.07) is 12.0. The summed E-state index contributed by atoms with van der Waals surface area (Å²) in [6.45, 7) is -0.389. The number of anilines is 1. The maximum absolute atomic E-state index is 13.5. The number of ether oxygens (including phenoxy) is 1. The molecule has 0 aliphatic rings. The lowest BCUT2D eigenvalue weighted by Crippen LogP contribution is -2.21. The number of carbonyl (C=O) groups is 2. The second-order valence-corrected chi connectivity index (χ2v) is 7.82. The predicted molar refractivity (Wildman–Crippen MR) is 115 cm³/mol. The van der Waals surface area contributed by atoms with Crippen molar-refractivity contribution in [1.82, 2.24) is 4.98 Å². The van der Waals surface area contributed by atoms with Gasteiger partial charge in [0, 0.05) is 22.3 Å². The van der Waals surface area contributed by atoms with Crippen molar-refractivity contribution < 1.29 is 23.1 Å². The molecule has 0 aliphatic heterocycles. The highest BCUT2D eigenvalue weighted by Crippen LogP contribution is 2.27. The molecule has 0 radical (unpaired) electrons. The van der Waals surface area contributed by atoms with E-state index < -0.39 is 23.3 Å². The summed E-state index contributed by atoms with van der Waals surface area (Å²) in [5, 5.41) is 2.94. The van der Waals surface area contributed by atoms with Gasteiger partial charge in [-0.15, -0.1) is 11.3 Å². The van der Waals surface area contributed by atoms with Crippen LogP contribution in [0.1, 0.15) is 15.9 Å². The van der Waals surface area contributed by atoms with Crippen LogP contribution >= 0.6 is 22.9 Å². The predicted octanol–water partition coefficient (Wildman–Crippen LogP) is 5.48. The summed E-state index contributed by atoms with van der Waals surface area (Å²) < 4.78 is 33.5. The number of ketones is 1. The van der Waals surface area contributed by atoms with Crippen LogP contribution < -0.4 is 10.1 Å². The number of aromatic nitrogens is 1. The molecule has 4 aromatic rings. The third kappa shape index (κ3) is 4.87. The standard InChI is InChI=1S/C22H13ClF2N2O3S/c23-13-1-4-19(17(7-13)22(29)12-5-14(24)8-15(25)6-12)30-10-21(28)27-16-2-3-18-20(9-16)31-11-26-18/h1-9,11H,10H2,(H,27,28). The van der Waals surface area contributed by atoms with Crippen LogP contribution in [0.25, 0.3) is 10.2 Å². The van der Waals surface area contributed by atoms with Gasteiger partial charge in [-0.05, 0) is 48.5 Å². The number of carbonyl (C=O) groups excluding carboxylic acids is 2. The summed E-state index contributed by atoms with van der Waals surface area (Å²) in [5.41, 5.74) is 2.90. The van der Waals surface area contributed by atoms with Crippen molar-refractivity contribution in [2.24, 2.45) is 0 Å². The Morgan fingerprint density at radius 2 is 1.81 bits per heavy atom. The summed E-state index contributed by atoms with van der Waals surface area (Å²) in [4.78, 5) is 29.3. The van der Waals surface area contributed by atoms with E-state index in [1.807, 2.05) is 0 Å². The van der Waals surface area contributed by atoms with Crippen molar-refractivity contribution >= 4 is 50.5 Å². The molecule has 4 rings (SSSR count). The average Bonchev–Trinajstić information content (AvgIpc) is 3.19. The Labute approximate surface area is 184 Å². The number of amides is 1. The van der Waals surface area contributed by atoms with Crippen LogP contribution in [0.3, 0.4) is 0 Å². The smallest absolute Gasteiger partial charge is 0.262 e. The van der Waals surface area contributed by atoms with Crippen LogP contribution in [-0.4, -0.2) is 23.3 Å². The number of nitrogens with zero attached hydrogens (tertiary/aromatic N) is 1. The molecule has 0 unspecified atom stereocenters. The molecule has 9 heteroatoms. The van der Waals surface area contributed by atoms with E-state index in [9.17, 15) is 18.4 Å². The van der Waals surface area contributed by atoms with E-state index in [-0.39, 0.29) is 28.5 Å². The molecule has 0 saturated heterocycles. The summed E-state index contributed by atoms with van der Waals surface area (Å²) in [7, 11) is 0. The summed E-state index contributed by atoms with van der Waals surface area (Å²) in [5.74, 6) is -2.84. The quantitative estimate of drug-likeness (QED) is 0.389. The highest BCUT2D eigenvalue weighted by Gasteiger charge is 2.18. The van der Waals surface area contributed by atoms with Gasteiger partial charge in [0.15, 0.2) is 12.4 Å². The zero-order valence-electron chi connectivity index (χ0n) is 15.7. The molecule has 0 spiro atoms. The number of halogens is 3. The lowest BCUT2D eigenvalue weighted by Gasteiger charge is -2.12. The van der Waals surface area contributed by atoms with E-state index in [0.717, 1.165) is 22.3 Å². The number of fused-ring (bicyclic) bond motifs is 1. The lowest BCUT2D eigenvalue weighted by atomic mass is 10.0. The Kier molecular flexibility index (Phi) is 5.92. The molecule has 0 atom stereocenters. The highest BCUT2D eigenvalue weighted by molar-refractivity contribution is 7.16. The van der Waals surface area contributed by atoms with E-state index in [0.29, 0.717) is 11.8 Å². The molecular formula is C22H13ClF2N2O3S. The zero-order valence-corrected chi connectivity index (χ0v) is 17.3. The molecule has 0 fully saturated rings. The molecule has 1 amide bonds. The van der Waals surface area contributed by atoms with Crippen LogP contribution in [0.5, 0.6) is 5.75 Å². The molecule has 31 heavy (non-hydrogen) atoms. The maximum atomic E-state index is 13.5. The first kappa shape index (κ1) is 20.9. The first-order valence-corrected chi connectivity index (χ1v) is 10.2. The Balaban J connectivity index is 1.50. The average molecular weight is 459 g/mol.